The molecule has 5 heteroatoms. The van der Waals surface area contributed by atoms with Crippen LogP contribution in [0.1, 0.15) is 25.3 Å². The van der Waals surface area contributed by atoms with Gasteiger partial charge in [-0.1, -0.05) is 30.3 Å². The number of amides is 1. The monoisotopic (exact) mass is 300 g/mol. The Morgan fingerprint density at radius 1 is 1.47 bits per heavy atom. The highest BCUT2D eigenvalue weighted by Crippen LogP contribution is 2.25. The zero-order chi connectivity index (χ0) is 13.0. The second-order valence-electron chi connectivity index (χ2n) is 4.91. The van der Waals surface area contributed by atoms with Crippen LogP contribution in [0.4, 0.5) is 0 Å². The summed E-state index contributed by atoms with van der Waals surface area (Å²) in [6, 6.07) is 9.52. The molecule has 0 radical (unpaired) electrons. The van der Waals surface area contributed by atoms with E-state index in [-0.39, 0.29) is 18.3 Å². The molecule has 1 amide bonds. The molecule has 19 heavy (non-hydrogen) atoms. The van der Waals surface area contributed by atoms with Crippen molar-refractivity contribution in [2.75, 3.05) is 12.3 Å². The van der Waals surface area contributed by atoms with Gasteiger partial charge in [0.1, 0.15) is 5.54 Å². The van der Waals surface area contributed by atoms with Crippen LogP contribution in [0, 0.1) is 0 Å². The number of hydrogen-bond acceptors (Lipinski definition) is 3. The zero-order valence-electron chi connectivity index (χ0n) is 11.1. The van der Waals surface area contributed by atoms with Crippen molar-refractivity contribution in [3.63, 3.8) is 0 Å². The first-order chi connectivity index (χ1) is 8.60. The lowest BCUT2D eigenvalue weighted by Gasteiger charge is -2.24. The van der Waals surface area contributed by atoms with Gasteiger partial charge in [0.25, 0.3) is 0 Å². The molecular formula is C14H21ClN2OS. The summed E-state index contributed by atoms with van der Waals surface area (Å²) >= 11 is 1.94. The van der Waals surface area contributed by atoms with Crippen molar-refractivity contribution in [3.05, 3.63) is 35.9 Å². The van der Waals surface area contributed by atoms with Crippen LogP contribution in [-0.4, -0.2) is 23.5 Å². The first-order valence-electron chi connectivity index (χ1n) is 6.35. The van der Waals surface area contributed by atoms with Crippen molar-refractivity contribution in [1.82, 2.24) is 5.32 Å². The van der Waals surface area contributed by atoms with Crippen molar-refractivity contribution in [2.24, 2.45) is 5.73 Å². The summed E-state index contributed by atoms with van der Waals surface area (Å²) in [5.74, 6) is 1.11. The molecule has 1 aromatic rings. The van der Waals surface area contributed by atoms with Crippen LogP contribution >= 0.6 is 24.2 Å². The van der Waals surface area contributed by atoms with Gasteiger partial charge >= 0.3 is 0 Å². The minimum Gasteiger partial charge on any atom is -0.353 e. The molecule has 1 aliphatic rings. The smallest absolute Gasteiger partial charge is 0.244 e. The van der Waals surface area contributed by atoms with E-state index < -0.39 is 5.54 Å². The Bertz CT molecular complexity index is 405. The predicted molar refractivity (Wildman–Crippen MR) is 83.7 cm³/mol. The van der Waals surface area contributed by atoms with Crippen molar-refractivity contribution in [2.45, 2.75) is 30.6 Å². The van der Waals surface area contributed by atoms with Gasteiger partial charge in [0, 0.05) is 11.8 Å². The van der Waals surface area contributed by atoms with Crippen LogP contribution in [0.15, 0.2) is 30.3 Å². The van der Waals surface area contributed by atoms with Gasteiger partial charge in [-0.15, -0.1) is 12.4 Å². The fourth-order valence-corrected chi connectivity index (χ4v) is 3.31. The Morgan fingerprint density at radius 3 is 2.74 bits per heavy atom. The van der Waals surface area contributed by atoms with E-state index >= 15 is 0 Å². The van der Waals surface area contributed by atoms with E-state index in [1.807, 2.05) is 42.1 Å². The highest BCUT2D eigenvalue weighted by molar-refractivity contribution is 8.00. The molecule has 0 spiro atoms. The van der Waals surface area contributed by atoms with Gasteiger partial charge in [0.2, 0.25) is 5.91 Å². The second-order valence-corrected chi connectivity index (χ2v) is 6.32. The summed E-state index contributed by atoms with van der Waals surface area (Å²) < 4.78 is 0. The van der Waals surface area contributed by atoms with Crippen molar-refractivity contribution in [1.29, 1.82) is 0 Å². The molecule has 2 atom stereocenters. The molecule has 1 heterocycles. The first kappa shape index (κ1) is 16.3. The largest absolute Gasteiger partial charge is 0.353 e. The average Bonchev–Trinajstić information content (AvgIpc) is 2.90. The first-order valence-corrected chi connectivity index (χ1v) is 7.40. The number of carbonyl (C=O) groups excluding carboxylic acids is 1. The molecule has 3 nitrogen and oxygen atoms in total. The van der Waals surface area contributed by atoms with Gasteiger partial charge in [-0.05, 0) is 31.1 Å². The maximum Gasteiger partial charge on any atom is 0.244 e. The molecule has 2 rings (SSSR count). The van der Waals surface area contributed by atoms with Crippen LogP contribution in [0.3, 0.4) is 0 Å². The number of benzene rings is 1. The number of thioether (sulfide) groups is 1. The maximum absolute atomic E-state index is 12.2. The number of nitrogens with one attached hydrogen (secondary N) is 1. The van der Waals surface area contributed by atoms with Gasteiger partial charge in [-0.3, -0.25) is 4.79 Å². The van der Waals surface area contributed by atoms with Crippen LogP contribution < -0.4 is 11.1 Å². The third kappa shape index (κ3) is 4.13. The lowest BCUT2D eigenvalue weighted by molar-refractivity contribution is -0.126. The molecule has 0 saturated carbocycles. The molecule has 1 aliphatic heterocycles. The molecule has 106 valence electrons. The Hall–Kier alpha value is -0.710. The van der Waals surface area contributed by atoms with Crippen molar-refractivity contribution < 1.29 is 4.79 Å². The summed E-state index contributed by atoms with van der Waals surface area (Å²) in [4.78, 5) is 12.2. The SMILES string of the molecule is CC(N)(C(=O)NCC1CCCS1)c1ccccc1.Cl. The summed E-state index contributed by atoms with van der Waals surface area (Å²) in [5, 5.41) is 3.53. The predicted octanol–water partition coefficient (Wildman–Crippen LogP) is 2.29. The third-order valence-electron chi connectivity index (χ3n) is 3.36. The van der Waals surface area contributed by atoms with Gasteiger partial charge in [-0.25, -0.2) is 0 Å². The van der Waals surface area contributed by atoms with Gasteiger partial charge in [0.15, 0.2) is 0 Å². The third-order valence-corrected chi connectivity index (χ3v) is 4.76. The van der Waals surface area contributed by atoms with Gasteiger partial charge in [-0.2, -0.15) is 11.8 Å². The summed E-state index contributed by atoms with van der Waals surface area (Å²) in [6.07, 6.45) is 2.45. The Kier molecular flexibility index (Phi) is 6.17. The minimum absolute atomic E-state index is 0. The van der Waals surface area contributed by atoms with Crippen LogP contribution in [0.2, 0.25) is 0 Å². The number of carbonyl (C=O) groups is 1. The van der Waals surface area contributed by atoms with E-state index in [4.69, 9.17) is 5.73 Å². The average molecular weight is 301 g/mol. The van der Waals surface area contributed by atoms with E-state index in [1.54, 1.807) is 6.92 Å². The molecule has 1 aromatic carbocycles. The molecule has 1 fully saturated rings. The number of rotatable bonds is 4. The van der Waals surface area contributed by atoms with Crippen LogP contribution in [-0.2, 0) is 10.3 Å². The fraction of sp³-hybridized carbons (Fsp3) is 0.500. The van der Waals surface area contributed by atoms with E-state index in [9.17, 15) is 4.79 Å². The standard InChI is InChI=1S/C14H20N2OS.ClH/c1-14(15,11-6-3-2-4-7-11)13(17)16-10-12-8-5-9-18-12;/h2-4,6-7,12H,5,8-10,15H2,1H3,(H,16,17);1H. The maximum atomic E-state index is 12.2. The highest BCUT2D eigenvalue weighted by atomic mass is 35.5. The summed E-state index contributed by atoms with van der Waals surface area (Å²) in [6.45, 7) is 2.49. The van der Waals surface area contributed by atoms with Crippen molar-refractivity contribution >= 4 is 30.1 Å². The number of nitrogens with two attached hydrogens (primary N) is 1. The second kappa shape index (κ2) is 7.17. The minimum atomic E-state index is -0.954. The summed E-state index contributed by atoms with van der Waals surface area (Å²) in [7, 11) is 0. The van der Waals surface area contributed by atoms with E-state index in [1.165, 1.54) is 18.6 Å². The van der Waals surface area contributed by atoms with Gasteiger partial charge in [0.05, 0.1) is 0 Å². The van der Waals surface area contributed by atoms with E-state index in [0.717, 1.165) is 12.1 Å². The number of hydrogen-bond donors (Lipinski definition) is 2. The lowest BCUT2D eigenvalue weighted by Crippen LogP contribution is -2.50. The molecule has 0 aromatic heterocycles. The number of halogens is 1. The van der Waals surface area contributed by atoms with Gasteiger partial charge < -0.3 is 11.1 Å². The van der Waals surface area contributed by atoms with E-state index in [0.29, 0.717) is 5.25 Å². The topological polar surface area (TPSA) is 55.1 Å². The summed E-state index contributed by atoms with van der Waals surface area (Å²) in [5.41, 5.74) is 6.04. The Balaban J connectivity index is 0.00000180. The van der Waals surface area contributed by atoms with Crippen LogP contribution in [0.25, 0.3) is 0 Å². The highest BCUT2D eigenvalue weighted by Gasteiger charge is 2.30. The molecule has 0 bridgehead atoms. The molecule has 3 N–H and O–H groups in total. The normalized spacial score (nSPS) is 21.3. The lowest BCUT2D eigenvalue weighted by atomic mass is 9.92. The van der Waals surface area contributed by atoms with Crippen molar-refractivity contribution in [3.8, 4) is 0 Å². The molecule has 0 aliphatic carbocycles. The Labute approximate surface area is 125 Å². The molecule has 2 unspecified atom stereocenters. The van der Waals surface area contributed by atoms with Crippen LogP contribution in [0.5, 0.6) is 0 Å². The Morgan fingerprint density at radius 2 is 2.16 bits per heavy atom. The molecule has 1 saturated heterocycles. The zero-order valence-corrected chi connectivity index (χ0v) is 12.7. The quantitative estimate of drug-likeness (QED) is 0.897. The fourth-order valence-electron chi connectivity index (χ4n) is 2.11. The molecular weight excluding hydrogens is 280 g/mol. The van der Waals surface area contributed by atoms with E-state index in [2.05, 4.69) is 5.32 Å².